The van der Waals surface area contributed by atoms with Crippen molar-refractivity contribution in [2.45, 2.75) is 32.3 Å². The summed E-state index contributed by atoms with van der Waals surface area (Å²) in [7, 11) is 0. The average molecular weight is 261 g/mol. The van der Waals surface area contributed by atoms with Crippen molar-refractivity contribution in [3.05, 3.63) is 35.9 Å². The third-order valence-corrected chi connectivity index (χ3v) is 3.51. The van der Waals surface area contributed by atoms with E-state index in [-0.39, 0.29) is 0 Å². The Morgan fingerprint density at radius 1 is 1.37 bits per heavy atom. The Morgan fingerprint density at radius 2 is 2.16 bits per heavy atom. The number of Topliss-reactive ketones (excluding diaryl/α,β-unsaturated/α-hetero) is 1. The molecule has 0 aliphatic carbocycles. The number of rotatable bonds is 6. The maximum atomic E-state index is 12.1. The maximum Gasteiger partial charge on any atom is 0.151 e. The molecule has 0 saturated carbocycles. The molecule has 3 nitrogen and oxygen atoms in total. The quantitative estimate of drug-likeness (QED) is 0.787. The first-order valence-corrected chi connectivity index (χ1v) is 7.17. The highest BCUT2D eigenvalue weighted by Gasteiger charge is 2.21. The van der Waals surface area contributed by atoms with Crippen molar-refractivity contribution in [3.63, 3.8) is 0 Å². The number of benzene rings is 1. The molecule has 1 fully saturated rings. The van der Waals surface area contributed by atoms with E-state index in [2.05, 4.69) is 4.90 Å². The number of likely N-dealkylation sites (tertiary alicyclic amines) is 1. The van der Waals surface area contributed by atoms with Crippen LogP contribution in [0.25, 0.3) is 0 Å². The second-order valence-corrected chi connectivity index (χ2v) is 5.16. The van der Waals surface area contributed by atoms with Crippen molar-refractivity contribution in [3.8, 4) is 0 Å². The second-order valence-electron chi connectivity index (χ2n) is 5.16. The van der Waals surface area contributed by atoms with Gasteiger partial charge in [0.15, 0.2) is 5.78 Å². The molecule has 0 radical (unpaired) electrons. The van der Waals surface area contributed by atoms with Crippen LogP contribution in [0.15, 0.2) is 30.3 Å². The van der Waals surface area contributed by atoms with Gasteiger partial charge in [-0.2, -0.15) is 0 Å². The Balaban J connectivity index is 1.78. The number of piperidine rings is 1. The minimum absolute atomic E-state index is 0.295. The van der Waals surface area contributed by atoms with Gasteiger partial charge in [-0.25, -0.2) is 0 Å². The zero-order valence-electron chi connectivity index (χ0n) is 11.7. The number of carbonyl (C=O) groups excluding carboxylic acids is 1. The lowest BCUT2D eigenvalue weighted by Gasteiger charge is -2.31. The fourth-order valence-electron chi connectivity index (χ4n) is 2.66. The molecule has 0 amide bonds. The van der Waals surface area contributed by atoms with Crippen LogP contribution in [0, 0.1) is 0 Å². The molecule has 1 atom stereocenters. The summed E-state index contributed by atoms with van der Waals surface area (Å²) in [6.07, 6.45) is 3.10. The van der Waals surface area contributed by atoms with Gasteiger partial charge in [0, 0.05) is 19.6 Å². The van der Waals surface area contributed by atoms with Crippen molar-refractivity contribution in [1.82, 2.24) is 4.90 Å². The highest BCUT2D eigenvalue weighted by Crippen LogP contribution is 2.13. The molecule has 2 rings (SSSR count). The zero-order chi connectivity index (χ0) is 13.5. The Hall–Kier alpha value is -1.19. The van der Waals surface area contributed by atoms with Crippen LogP contribution in [0.5, 0.6) is 0 Å². The molecule has 1 unspecified atom stereocenters. The standard InChI is InChI=1S/C16H23NO2/c1-2-19-16-9-6-10-17(13-16)12-15(18)11-14-7-4-3-5-8-14/h3-5,7-8,16H,2,6,9-13H2,1H3. The SMILES string of the molecule is CCOC1CCCN(CC(=O)Cc2ccccc2)C1. The van der Waals surface area contributed by atoms with Crippen molar-refractivity contribution in [1.29, 1.82) is 0 Å². The molecule has 1 saturated heterocycles. The van der Waals surface area contributed by atoms with E-state index < -0.39 is 0 Å². The Kier molecular flexibility index (Phi) is 5.55. The number of nitrogens with zero attached hydrogens (tertiary/aromatic N) is 1. The zero-order valence-corrected chi connectivity index (χ0v) is 11.7. The predicted molar refractivity (Wildman–Crippen MR) is 76.2 cm³/mol. The van der Waals surface area contributed by atoms with Crippen LogP contribution in [0.1, 0.15) is 25.3 Å². The smallest absolute Gasteiger partial charge is 0.151 e. The lowest BCUT2D eigenvalue weighted by molar-refractivity contribution is -0.120. The van der Waals surface area contributed by atoms with Crippen LogP contribution in [0.3, 0.4) is 0 Å². The highest BCUT2D eigenvalue weighted by molar-refractivity contribution is 5.82. The van der Waals surface area contributed by atoms with Crippen molar-refractivity contribution < 1.29 is 9.53 Å². The van der Waals surface area contributed by atoms with E-state index in [1.54, 1.807) is 0 Å². The second kappa shape index (κ2) is 7.41. The summed E-state index contributed by atoms with van der Waals surface area (Å²) >= 11 is 0. The monoisotopic (exact) mass is 261 g/mol. The van der Waals surface area contributed by atoms with E-state index in [0.717, 1.165) is 38.1 Å². The Bertz CT molecular complexity index is 389. The van der Waals surface area contributed by atoms with Crippen LogP contribution in [-0.2, 0) is 16.0 Å². The van der Waals surface area contributed by atoms with Gasteiger partial charge in [0.2, 0.25) is 0 Å². The van der Waals surface area contributed by atoms with E-state index in [1.165, 1.54) is 0 Å². The minimum Gasteiger partial charge on any atom is -0.377 e. The van der Waals surface area contributed by atoms with Crippen LogP contribution in [0.2, 0.25) is 0 Å². The Labute approximate surface area is 115 Å². The molecule has 1 aromatic carbocycles. The van der Waals surface area contributed by atoms with Crippen LogP contribution < -0.4 is 0 Å². The topological polar surface area (TPSA) is 29.5 Å². The lowest BCUT2D eigenvalue weighted by atomic mass is 10.1. The fourth-order valence-corrected chi connectivity index (χ4v) is 2.66. The molecule has 0 bridgehead atoms. The normalized spacial score (nSPS) is 20.4. The van der Waals surface area contributed by atoms with Crippen molar-refractivity contribution in [2.24, 2.45) is 0 Å². The fraction of sp³-hybridized carbons (Fsp3) is 0.562. The van der Waals surface area contributed by atoms with Crippen LogP contribution >= 0.6 is 0 Å². The average Bonchev–Trinajstić information content (AvgIpc) is 2.40. The van der Waals surface area contributed by atoms with E-state index in [9.17, 15) is 4.79 Å². The molecule has 1 heterocycles. The molecule has 19 heavy (non-hydrogen) atoms. The highest BCUT2D eigenvalue weighted by atomic mass is 16.5. The van der Waals surface area contributed by atoms with Gasteiger partial charge >= 0.3 is 0 Å². The molecule has 0 aromatic heterocycles. The lowest BCUT2D eigenvalue weighted by Crippen LogP contribution is -2.42. The third-order valence-electron chi connectivity index (χ3n) is 3.51. The van der Waals surface area contributed by atoms with E-state index >= 15 is 0 Å². The number of carbonyl (C=O) groups is 1. The third kappa shape index (κ3) is 4.77. The summed E-state index contributed by atoms with van der Waals surface area (Å²) in [6, 6.07) is 9.96. The van der Waals surface area contributed by atoms with Gasteiger partial charge in [-0.15, -0.1) is 0 Å². The molecular formula is C16H23NO2. The van der Waals surface area contributed by atoms with Gasteiger partial charge in [0.1, 0.15) is 0 Å². The van der Waals surface area contributed by atoms with Gasteiger partial charge in [0.25, 0.3) is 0 Å². The summed E-state index contributed by atoms with van der Waals surface area (Å²) in [4.78, 5) is 14.3. The Morgan fingerprint density at radius 3 is 2.89 bits per heavy atom. The number of ether oxygens (including phenoxy) is 1. The maximum absolute atomic E-state index is 12.1. The van der Waals surface area contributed by atoms with Gasteiger partial charge in [-0.05, 0) is 31.9 Å². The first-order chi connectivity index (χ1) is 9.28. The molecule has 0 spiro atoms. The summed E-state index contributed by atoms with van der Waals surface area (Å²) in [5.74, 6) is 0.295. The van der Waals surface area contributed by atoms with E-state index in [4.69, 9.17) is 4.74 Å². The van der Waals surface area contributed by atoms with Crippen LogP contribution in [-0.4, -0.2) is 43.0 Å². The summed E-state index contributed by atoms with van der Waals surface area (Å²) in [5, 5.41) is 0. The molecular weight excluding hydrogens is 238 g/mol. The van der Waals surface area contributed by atoms with Crippen molar-refractivity contribution in [2.75, 3.05) is 26.2 Å². The molecule has 1 aliphatic rings. The first kappa shape index (κ1) is 14.2. The predicted octanol–water partition coefficient (Wildman–Crippen LogP) is 2.30. The van der Waals surface area contributed by atoms with Gasteiger partial charge in [-0.1, -0.05) is 30.3 Å². The number of hydrogen-bond acceptors (Lipinski definition) is 3. The van der Waals surface area contributed by atoms with Gasteiger partial charge in [-0.3, -0.25) is 9.69 Å². The molecule has 104 valence electrons. The summed E-state index contributed by atoms with van der Waals surface area (Å²) in [5.41, 5.74) is 1.10. The molecule has 0 N–H and O–H groups in total. The molecule has 3 heteroatoms. The largest absolute Gasteiger partial charge is 0.377 e. The summed E-state index contributed by atoms with van der Waals surface area (Å²) < 4.78 is 5.66. The number of hydrogen-bond donors (Lipinski definition) is 0. The van der Waals surface area contributed by atoms with Crippen LogP contribution in [0.4, 0.5) is 0 Å². The van der Waals surface area contributed by atoms with Gasteiger partial charge in [0.05, 0.1) is 12.6 Å². The van der Waals surface area contributed by atoms with Crippen molar-refractivity contribution >= 4 is 5.78 Å². The molecule has 1 aliphatic heterocycles. The summed E-state index contributed by atoms with van der Waals surface area (Å²) in [6.45, 7) is 5.26. The number of ketones is 1. The molecule has 1 aromatic rings. The van der Waals surface area contributed by atoms with Gasteiger partial charge < -0.3 is 4.74 Å². The van der Waals surface area contributed by atoms with E-state index in [0.29, 0.717) is 24.9 Å². The minimum atomic E-state index is 0.295. The first-order valence-electron chi connectivity index (χ1n) is 7.17. The van der Waals surface area contributed by atoms with E-state index in [1.807, 2.05) is 37.3 Å².